The summed E-state index contributed by atoms with van der Waals surface area (Å²) < 4.78 is 45.2. The molecule has 7 nitrogen and oxygen atoms in total. The van der Waals surface area contributed by atoms with E-state index in [9.17, 15) is 27.6 Å². The molecule has 0 fully saturated rings. The largest absolute Gasteiger partial charge is 0.466 e. The summed E-state index contributed by atoms with van der Waals surface area (Å²) in [6, 6.07) is 1.35. The Hall–Kier alpha value is -3.04. The molecule has 0 radical (unpaired) electrons. The fraction of sp³-hybridized carbons (Fsp3) is 0.312. The van der Waals surface area contributed by atoms with Crippen molar-refractivity contribution in [3.05, 3.63) is 56.8 Å². The monoisotopic (exact) mass is 371 g/mol. The van der Waals surface area contributed by atoms with E-state index in [0.29, 0.717) is 12.1 Å². The van der Waals surface area contributed by atoms with Gasteiger partial charge in [0, 0.05) is 17.9 Å². The van der Waals surface area contributed by atoms with E-state index in [-0.39, 0.29) is 29.8 Å². The number of nitrogens with two attached hydrogens (primary N) is 1. The summed E-state index contributed by atoms with van der Waals surface area (Å²) >= 11 is 0. The number of primary amides is 1. The fourth-order valence-electron chi connectivity index (χ4n) is 2.63. The first-order chi connectivity index (χ1) is 12.2. The smallest absolute Gasteiger partial charge is 0.311 e. The average molecular weight is 371 g/mol. The molecule has 0 saturated carbocycles. The van der Waals surface area contributed by atoms with E-state index in [1.165, 1.54) is 0 Å². The number of esters is 1. The van der Waals surface area contributed by atoms with Crippen LogP contribution in [-0.2, 0) is 20.7 Å². The number of benzene rings is 1. The first-order valence-electron chi connectivity index (χ1n) is 7.62. The summed E-state index contributed by atoms with van der Waals surface area (Å²) in [4.78, 5) is 35.3. The lowest BCUT2D eigenvalue weighted by Crippen LogP contribution is -2.22. The molecule has 2 aromatic rings. The normalized spacial score (nSPS) is 12.0. The standard InChI is InChI=1S/C16H16F3N3O4/c1-2-26-13(24)6-11-14(16(25)22-21-11)8(5-12(20)23)7-3-9(17)15(19)10(18)4-7/h3-4,8H,2,5-6H2,1H3,(H2,20,23)(H2,21,22,25)/t8-/m1/s1. The van der Waals surface area contributed by atoms with Crippen LogP contribution in [-0.4, -0.2) is 28.7 Å². The molecule has 1 atom stereocenters. The molecular formula is C16H16F3N3O4. The van der Waals surface area contributed by atoms with Gasteiger partial charge in [-0.3, -0.25) is 19.5 Å². The van der Waals surface area contributed by atoms with Gasteiger partial charge in [-0.25, -0.2) is 13.2 Å². The van der Waals surface area contributed by atoms with Crippen LogP contribution in [0.3, 0.4) is 0 Å². The number of rotatable bonds is 7. The van der Waals surface area contributed by atoms with Crippen molar-refractivity contribution in [3.8, 4) is 0 Å². The highest BCUT2D eigenvalue weighted by Gasteiger charge is 2.27. The van der Waals surface area contributed by atoms with Crippen molar-refractivity contribution in [1.29, 1.82) is 0 Å². The zero-order valence-electron chi connectivity index (χ0n) is 13.7. The maximum absolute atomic E-state index is 13.6. The molecule has 0 aliphatic heterocycles. The minimum atomic E-state index is -1.68. The summed E-state index contributed by atoms with van der Waals surface area (Å²) in [6.07, 6.45) is -0.829. The Morgan fingerprint density at radius 2 is 1.81 bits per heavy atom. The number of nitrogens with one attached hydrogen (secondary N) is 2. The molecule has 0 spiro atoms. The van der Waals surface area contributed by atoms with Crippen LogP contribution in [0.2, 0.25) is 0 Å². The number of amides is 1. The molecule has 2 rings (SSSR count). The second-order valence-electron chi connectivity index (χ2n) is 5.47. The molecule has 0 bridgehead atoms. The minimum absolute atomic E-state index is 0.0739. The van der Waals surface area contributed by atoms with Gasteiger partial charge in [0.05, 0.1) is 18.7 Å². The molecular weight excluding hydrogens is 355 g/mol. The Morgan fingerprint density at radius 3 is 2.35 bits per heavy atom. The lowest BCUT2D eigenvalue weighted by molar-refractivity contribution is -0.142. The topological polar surface area (TPSA) is 118 Å². The zero-order chi connectivity index (χ0) is 19.4. The van der Waals surface area contributed by atoms with E-state index in [2.05, 4.69) is 10.2 Å². The molecule has 0 unspecified atom stereocenters. The van der Waals surface area contributed by atoms with Crippen molar-refractivity contribution >= 4 is 11.9 Å². The van der Waals surface area contributed by atoms with Gasteiger partial charge in [0.2, 0.25) is 5.91 Å². The molecule has 140 valence electrons. The van der Waals surface area contributed by atoms with E-state index in [1.54, 1.807) is 6.92 Å². The van der Waals surface area contributed by atoms with E-state index in [0.717, 1.165) is 0 Å². The highest BCUT2D eigenvalue weighted by atomic mass is 19.2. The quantitative estimate of drug-likeness (QED) is 0.501. The van der Waals surface area contributed by atoms with Crippen LogP contribution in [0.5, 0.6) is 0 Å². The van der Waals surface area contributed by atoms with Gasteiger partial charge in [0.25, 0.3) is 5.56 Å². The van der Waals surface area contributed by atoms with Crippen LogP contribution < -0.4 is 11.3 Å². The van der Waals surface area contributed by atoms with Crippen molar-refractivity contribution < 1.29 is 27.5 Å². The van der Waals surface area contributed by atoms with Gasteiger partial charge >= 0.3 is 5.97 Å². The van der Waals surface area contributed by atoms with Crippen LogP contribution in [0.15, 0.2) is 16.9 Å². The first-order valence-corrected chi connectivity index (χ1v) is 7.62. The van der Waals surface area contributed by atoms with Gasteiger partial charge in [-0.05, 0) is 24.6 Å². The molecule has 0 saturated heterocycles. The van der Waals surface area contributed by atoms with Gasteiger partial charge < -0.3 is 15.6 Å². The number of hydrogen-bond acceptors (Lipinski definition) is 4. The second-order valence-corrected chi connectivity index (χ2v) is 5.47. The van der Waals surface area contributed by atoms with Gasteiger partial charge in [-0.1, -0.05) is 0 Å². The Labute approximate surface area is 145 Å². The molecule has 10 heteroatoms. The van der Waals surface area contributed by atoms with Crippen molar-refractivity contribution in [2.75, 3.05) is 6.61 Å². The first kappa shape index (κ1) is 19.3. The lowest BCUT2D eigenvalue weighted by atomic mass is 9.87. The third kappa shape index (κ3) is 4.13. The van der Waals surface area contributed by atoms with Gasteiger partial charge in [-0.2, -0.15) is 0 Å². The van der Waals surface area contributed by atoms with Gasteiger partial charge in [0.15, 0.2) is 17.5 Å². The summed E-state index contributed by atoms with van der Waals surface area (Å²) in [6.45, 7) is 1.71. The van der Waals surface area contributed by atoms with E-state index < -0.39 is 47.2 Å². The third-order valence-electron chi connectivity index (χ3n) is 3.69. The lowest BCUT2D eigenvalue weighted by Gasteiger charge is -2.16. The van der Waals surface area contributed by atoms with E-state index in [4.69, 9.17) is 10.5 Å². The highest BCUT2D eigenvalue weighted by Crippen LogP contribution is 2.30. The molecule has 4 N–H and O–H groups in total. The second kappa shape index (κ2) is 7.89. The Morgan fingerprint density at radius 1 is 1.19 bits per heavy atom. The van der Waals surface area contributed by atoms with Crippen LogP contribution >= 0.6 is 0 Å². The average Bonchev–Trinajstić information content (AvgIpc) is 2.90. The van der Waals surface area contributed by atoms with Crippen molar-refractivity contribution in [2.24, 2.45) is 5.73 Å². The highest BCUT2D eigenvalue weighted by molar-refractivity contribution is 5.76. The van der Waals surface area contributed by atoms with Crippen LogP contribution in [0.4, 0.5) is 13.2 Å². The number of H-pyrrole nitrogens is 2. The summed E-state index contributed by atoms with van der Waals surface area (Å²) in [5.74, 6) is -7.33. The van der Waals surface area contributed by atoms with Crippen LogP contribution in [0.1, 0.15) is 36.1 Å². The maximum Gasteiger partial charge on any atom is 0.311 e. The summed E-state index contributed by atoms with van der Waals surface area (Å²) in [5.41, 5.74) is 4.26. The summed E-state index contributed by atoms with van der Waals surface area (Å²) in [7, 11) is 0. The van der Waals surface area contributed by atoms with E-state index in [1.807, 2.05) is 0 Å². The van der Waals surface area contributed by atoms with Crippen LogP contribution in [0.25, 0.3) is 0 Å². The molecule has 1 heterocycles. The fourth-order valence-corrected chi connectivity index (χ4v) is 2.63. The van der Waals surface area contributed by atoms with Gasteiger partial charge in [0.1, 0.15) is 0 Å². The van der Waals surface area contributed by atoms with Crippen molar-refractivity contribution in [1.82, 2.24) is 10.2 Å². The predicted molar refractivity (Wildman–Crippen MR) is 83.7 cm³/mol. The molecule has 1 aromatic carbocycles. The molecule has 26 heavy (non-hydrogen) atoms. The Kier molecular flexibility index (Phi) is 5.86. The number of aromatic nitrogens is 2. The Balaban J connectivity index is 2.55. The molecule has 0 aliphatic carbocycles. The van der Waals surface area contributed by atoms with Crippen molar-refractivity contribution in [3.63, 3.8) is 0 Å². The number of aromatic amines is 2. The van der Waals surface area contributed by atoms with E-state index >= 15 is 0 Å². The SMILES string of the molecule is CCOC(=O)Cc1[nH][nH]c(=O)c1[C@H](CC(N)=O)c1cc(F)c(F)c(F)c1. The number of carbonyl (C=O) groups excluding carboxylic acids is 2. The molecule has 1 amide bonds. The molecule has 1 aromatic heterocycles. The summed E-state index contributed by atoms with van der Waals surface area (Å²) in [5, 5.41) is 4.72. The van der Waals surface area contributed by atoms with Crippen LogP contribution in [0, 0.1) is 17.5 Å². The number of carbonyl (C=O) groups is 2. The van der Waals surface area contributed by atoms with Crippen molar-refractivity contribution in [2.45, 2.75) is 25.7 Å². The predicted octanol–water partition coefficient (Wildman–Crippen LogP) is 1.23. The third-order valence-corrected chi connectivity index (χ3v) is 3.69. The van der Waals surface area contributed by atoms with Gasteiger partial charge in [-0.15, -0.1) is 0 Å². The Bertz CT molecular complexity index is 868. The number of ether oxygens (including phenoxy) is 1. The number of halogens is 3. The minimum Gasteiger partial charge on any atom is -0.466 e. The molecule has 0 aliphatic rings. The zero-order valence-corrected chi connectivity index (χ0v) is 13.7. The number of hydrogen-bond donors (Lipinski definition) is 3. The maximum atomic E-state index is 13.6.